The van der Waals surface area contributed by atoms with E-state index < -0.39 is 0 Å². The average molecular weight is 283 g/mol. The van der Waals surface area contributed by atoms with Gasteiger partial charge in [-0.25, -0.2) is 0 Å². The molecule has 21 heavy (non-hydrogen) atoms. The number of rotatable bonds is 6. The molecule has 0 saturated carbocycles. The molecule has 0 fully saturated rings. The van der Waals surface area contributed by atoms with Crippen LogP contribution in [-0.4, -0.2) is 19.2 Å². The molecular weight excluding hydrogens is 262 g/mol. The van der Waals surface area contributed by atoms with Crippen LogP contribution in [0.3, 0.4) is 0 Å². The third-order valence-corrected chi connectivity index (χ3v) is 3.03. The molecule has 0 saturated heterocycles. The van der Waals surface area contributed by atoms with Gasteiger partial charge >= 0.3 is 0 Å². The van der Waals surface area contributed by atoms with Crippen LogP contribution in [0.2, 0.25) is 0 Å². The van der Waals surface area contributed by atoms with Crippen LogP contribution < -0.4 is 9.64 Å². The largest absolute Gasteiger partial charge is 0.490 e. The molecule has 0 atom stereocenters. The first-order valence-electron chi connectivity index (χ1n) is 7.13. The summed E-state index contributed by atoms with van der Waals surface area (Å²) in [6.07, 6.45) is 1.58. The highest BCUT2D eigenvalue weighted by Crippen LogP contribution is 2.28. The summed E-state index contributed by atoms with van der Waals surface area (Å²) in [5, 5.41) is 17.8. The van der Waals surface area contributed by atoms with Crippen molar-refractivity contribution in [3.63, 3.8) is 0 Å². The molecule has 110 valence electrons. The second-order valence-electron chi connectivity index (χ2n) is 4.84. The highest BCUT2D eigenvalue weighted by molar-refractivity contribution is 5.69. The third-order valence-electron chi connectivity index (χ3n) is 3.03. The minimum absolute atomic E-state index is 0.0247. The maximum Gasteiger partial charge on any atom is 0.130 e. The minimum atomic E-state index is 0.0247. The highest BCUT2D eigenvalue weighted by atomic mass is 16.5. The van der Waals surface area contributed by atoms with E-state index in [1.807, 2.05) is 44.2 Å². The highest BCUT2D eigenvalue weighted by Gasteiger charge is 2.10. The van der Waals surface area contributed by atoms with E-state index >= 15 is 0 Å². The van der Waals surface area contributed by atoms with Gasteiger partial charge in [-0.2, -0.15) is 10.5 Å². The lowest BCUT2D eigenvalue weighted by Gasteiger charge is -2.23. The van der Waals surface area contributed by atoms with E-state index in [4.69, 9.17) is 15.3 Å². The van der Waals surface area contributed by atoms with E-state index in [2.05, 4.69) is 18.7 Å². The predicted molar refractivity (Wildman–Crippen MR) is 85.0 cm³/mol. The molecule has 1 rings (SSSR count). The molecule has 1 aromatic carbocycles. The van der Waals surface area contributed by atoms with Crippen molar-refractivity contribution in [2.75, 3.05) is 18.0 Å². The second-order valence-corrected chi connectivity index (χ2v) is 4.84. The molecule has 4 heteroatoms. The number of ether oxygens (including phenoxy) is 1. The Bertz CT molecular complexity index is 571. The molecule has 0 aliphatic heterocycles. The summed E-state index contributed by atoms with van der Waals surface area (Å²) in [5.41, 5.74) is 1.89. The second kappa shape index (κ2) is 7.97. The minimum Gasteiger partial charge on any atom is -0.490 e. The van der Waals surface area contributed by atoms with Gasteiger partial charge in [0.25, 0.3) is 0 Å². The molecule has 0 N–H and O–H groups in total. The van der Waals surface area contributed by atoms with E-state index in [9.17, 15) is 0 Å². The standard InChI is InChI=1S/C17H21N3O/c1-5-20(6-2)16-8-7-15(9-14(11-18)12-19)17(10-16)21-13(3)4/h7-10,13H,5-6H2,1-4H3. The summed E-state index contributed by atoms with van der Waals surface area (Å²) >= 11 is 0. The zero-order chi connectivity index (χ0) is 15.8. The van der Waals surface area contributed by atoms with Gasteiger partial charge < -0.3 is 9.64 Å². The molecule has 0 aromatic heterocycles. The first-order chi connectivity index (χ1) is 10.0. The van der Waals surface area contributed by atoms with Crippen molar-refractivity contribution in [2.24, 2.45) is 0 Å². The van der Waals surface area contributed by atoms with E-state index in [-0.39, 0.29) is 11.7 Å². The Kier molecular flexibility index (Phi) is 6.30. The first kappa shape index (κ1) is 16.6. The molecule has 0 heterocycles. The van der Waals surface area contributed by atoms with Gasteiger partial charge in [-0.05, 0) is 45.9 Å². The van der Waals surface area contributed by atoms with Gasteiger partial charge in [-0.3, -0.25) is 0 Å². The molecule has 0 radical (unpaired) electrons. The number of hydrogen-bond donors (Lipinski definition) is 0. The summed E-state index contributed by atoms with van der Waals surface area (Å²) in [7, 11) is 0. The molecule has 0 unspecified atom stereocenters. The SMILES string of the molecule is CCN(CC)c1ccc(C=C(C#N)C#N)c(OC(C)C)c1. The lowest BCUT2D eigenvalue weighted by Crippen LogP contribution is -2.21. The Morgan fingerprint density at radius 1 is 1.24 bits per heavy atom. The topological polar surface area (TPSA) is 60.0 Å². The van der Waals surface area contributed by atoms with Crippen LogP contribution in [0.4, 0.5) is 5.69 Å². The summed E-state index contributed by atoms with van der Waals surface area (Å²) in [6.45, 7) is 9.93. The number of nitriles is 2. The summed E-state index contributed by atoms with van der Waals surface area (Å²) in [4.78, 5) is 2.22. The van der Waals surface area contributed by atoms with Crippen LogP contribution in [0.1, 0.15) is 33.3 Å². The molecule has 0 aliphatic carbocycles. The third kappa shape index (κ3) is 4.54. The van der Waals surface area contributed by atoms with Crippen molar-refractivity contribution in [1.82, 2.24) is 0 Å². The lowest BCUT2D eigenvalue weighted by molar-refractivity contribution is 0.242. The molecule has 0 aliphatic rings. The normalized spacial score (nSPS) is 9.67. The molecule has 0 spiro atoms. The predicted octanol–water partition coefficient (Wildman–Crippen LogP) is 3.75. The number of nitrogens with zero attached hydrogens (tertiary/aromatic N) is 3. The monoisotopic (exact) mass is 283 g/mol. The van der Waals surface area contributed by atoms with Crippen LogP contribution in [0.25, 0.3) is 6.08 Å². The molecule has 1 aromatic rings. The van der Waals surface area contributed by atoms with Gasteiger partial charge in [-0.1, -0.05) is 0 Å². The Hall–Kier alpha value is -2.46. The van der Waals surface area contributed by atoms with Gasteiger partial charge in [-0.15, -0.1) is 0 Å². The summed E-state index contributed by atoms with van der Waals surface area (Å²) in [5.74, 6) is 0.692. The number of hydrogen-bond acceptors (Lipinski definition) is 4. The Balaban J connectivity index is 3.30. The van der Waals surface area contributed by atoms with Crippen molar-refractivity contribution in [3.8, 4) is 17.9 Å². The van der Waals surface area contributed by atoms with E-state index in [0.717, 1.165) is 24.3 Å². The summed E-state index contributed by atoms with van der Waals surface area (Å²) < 4.78 is 5.82. The van der Waals surface area contributed by atoms with Crippen molar-refractivity contribution in [1.29, 1.82) is 10.5 Å². The fourth-order valence-electron chi connectivity index (χ4n) is 2.03. The average Bonchev–Trinajstić information content (AvgIpc) is 2.47. The van der Waals surface area contributed by atoms with Crippen molar-refractivity contribution in [2.45, 2.75) is 33.8 Å². The number of benzene rings is 1. The van der Waals surface area contributed by atoms with Crippen LogP contribution >= 0.6 is 0 Å². The number of allylic oxidation sites excluding steroid dienone is 1. The Morgan fingerprint density at radius 2 is 1.86 bits per heavy atom. The van der Waals surface area contributed by atoms with Gasteiger partial charge in [0, 0.05) is 30.4 Å². The lowest BCUT2D eigenvalue weighted by atomic mass is 10.1. The van der Waals surface area contributed by atoms with Gasteiger partial charge in [0.05, 0.1) is 6.10 Å². The Morgan fingerprint density at radius 3 is 2.33 bits per heavy atom. The van der Waals surface area contributed by atoms with E-state index in [1.54, 1.807) is 6.08 Å². The molecule has 0 amide bonds. The first-order valence-corrected chi connectivity index (χ1v) is 7.13. The van der Waals surface area contributed by atoms with Crippen molar-refractivity contribution < 1.29 is 4.74 Å². The maximum atomic E-state index is 8.89. The zero-order valence-electron chi connectivity index (χ0n) is 13.1. The number of anilines is 1. The van der Waals surface area contributed by atoms with Gasteiger partial charge in [0.2, 0.25) is 0 Å². The fourth-order valence-corrected chi connectivity index (χ4v) is 2.03. The van der Waals surface area contributed by atoms with Crippen LogP contribution in [-0.2, 0) is 0 Å². The molecule has 4 nitrogen and oxygen atoms in total. The van der Waals surface area contributed by atoms with Crippen molar-refractivity contribution in [3.05, 3.63) is 29.3 Å². The maximum absolute atomic E-state index is 8.89. The van der Waals surface area contributed by atoms with Crippen molar-refractivity contribution >= 4 is 11.8 Å². The summed E-state index contributed by atoms with van der Waals surface area (Å²) in [6, 6.07) is 9.59. The quantitative estimate of drug-likeness (QED) is 0.746. The Labute approximate surface area is 126 Å². The molecular formula is C17H21N3O. The van der Waals surface area contributed by atoms with Crippen LogP contribution in [0.15, 0.2) is 23.8 Å². The van der Waals surface area contributed by atoms with E-state index in [0.29, 0.717) is 5.75 Å². The van der Waals surface area contributed by atoms with Gasteiger partial charge in [0.15, 0.2) is 0 Å². The fraction of sp³-hybridized carbons (Fsp3) is 0.412. The van der Waals surface area contributed by atoms with Crippen LogP contribution in [0, 0.1) is 22.7 Å². The van der Waals surface area contributed by atoms with E-state index in [1.165, 1.54) is 0 Å². The molecule has 0 bridgehead atoms. The van der Waals surface area contributed by atoms with Gasteiger partial charge in [0.1, 0.15) is 23.5 Å². The van der Waals surface area contributed by atoms with Crippen LogP contribution in [0.5, 0.6) is 5.75 Å². The smallest absolute Gasteiger partial charge is 0.130 e. The zero-order valence-corrected chi connectivity index (χ0v) is 13.1.